The van der Waals surface area contributed by atoms with Crippen LogP contribution in [0.25, 0.3) is 11.3 Å². The lowest BCUT2D eigenvalue weighted by molar-refractivity contribution is 0.304. The molecule has 0 aliphatic rings. The van der Waals surface area contributed by atoms with Gasteiger partial charge in [-0.05, 0) is 36.8 Å². The predicted molar refractivity (Wildman–Crippen MR) is 118 cm³/mol. The maximum absolute atomic E-state index is 10.7. The first kappa shape index (κ1) is 20.2. The van der Waals surface area contributed by atoms with Gasteiger partial charge >= 0.3 is 0 Å². The molecule has 0 unspecified atom stereocenters. The molecule has 0 fully saturated rings. The van der Waals surface area contributed by atoms with E-state index < -0.39 is 0 Å². The first-order valence-electron chi connectivity index (χ1n) is 9.94. The van der Waals surface area contributed by atoms with E-state index >= 15 is 0 Å². The molecule has 1 heterocycles. The quantitative estimate of drug-likeness (QED) is 0.403. The van der Waals surface area contributed by atoms with Gasteiger partial charge in [0.25, 0.3) is 0 Å². The molecule has 0 spiro atoms. The normalized spacial score (nSPS) is 10.5. The van der Waals surface area contributed by atoms with Gasteiger partial charge in [-0.25, -0.2) is 9.97 Å². The lowest BCUT2D eigenvalue weighted by Gasteiger charge is -2.14. The SMILES string of the molecule is CCOc1ccccc1Oc1cncnc1-c1ccc(OCc2ccccc2)cc1O. The van der Waals surface area contributed by atoms with E-state index in [1.54, 1.807) is 24.4 Å². The van der Waals surface area contributed by atoms with E-state index in [9.17, 15) is 5.11 Å². The third-order valence-electron chi connectivity index (χ3n) is 4.52. The number of para-hydroxylation sites is 2. The topological polar surface area (TPSA) is 73.7 Å². The standard InChI is InChI=1S/C25H22N2O4/c1-2-29-22-10-6-7-11-23(22)31-24-15-26-17-27-25(24)20-13-12-19(14-21(20)28)30-16-18-8-4-3-5-9-18/h3-15,17,28H,2,16H2,1H3. The Labute approximate surface area is 180 Å². The number of phenols is 1. The molecule has 4 rings (SSSR count). The molecule has 6 nitrogen and oxygen atoms in total. The summed E-state index contributed by atoms with van der Waals surface area (Å²) >= 11 is 0. The smallest absolute Gasteiger partial charge is 0.172 e. The lowest BCUT2D eigenvalue weighted by Crippen LogP contribution is -1.98. The maximum Gasteiger partial charge on any atom is 0.172 e. The summed E-state index contributed by atoms with van der Waals surface area (Å²) in [5.74, 6) is 2.16. The van der Waals surface area contributed by atoms with Crippen molar-refractivity contribution in [3.05, 3.63) is 90.9 Å². The average Bonchev–Trinajstić information content (AvgIpc) is 2.80. The first-order valence-corrected chi connectivity index (χ1v) is 9.94. The highest BCUT2D eigenvalue weighted by atomic mass is 16.5. The fourth-order valence-electron chi connectivity index (χ4n) is 3.06. The summed E-state index contributed by atoms with van der Waals surface area (Å²) in [4.78, 5) is 8.40. The molecule has 31 heavy (non-hydrogen) atoms. The molecule has 3 aromatic carbocycles. The highest BCUT2D eigenvalue weighted by Crippen LogP contribution is 2.39. The number of rotatable bonds is 8. The van der Waals surface area contributed by atoms with Gasteiger partial charge in [-0.2, -0.15) is 0 Å². The number of aromatic hydroxyl groups is 1. The zero-order valence-corrected chi connectivity index (χ0v) is 17.1. The van der Waals surface area contributed by atoms with E-state index in [0.29, 0.717) is 47.5 Å². The molecule has 0 aliphatic carbocycles. The van der Waals surface area contributed by atoms with Crippen LogP contribution in [0.1, 0.15) is 12.5 Å². The largest absolute Gasteiger partial charge is 0.507 e. The Hall–Kier alpha value is -4.06. The van der Waals surface area contributed by atoms with Crippen LogP contribution in [0.4, 0.5) is 0 Å². The molecule has 6 heteroatoms. The average molecular weight is 414 g/mol. The molecule has 0 bridgehead atoms. The van der Waals surface area contributed by atoms with Crippen molar-refractivity contribution < 1.29 is 19.3 Å². The summed E-state index contributed by atoms with van der Waals surface area (Å²) in [6, 6.07) is 22.3. The van der Waals surface area contributed by atoms with Crippen molar-refractivity contribution in [1.29, 1.82) is 0 Å². The third-order valence-corrected chi connectivity index (χ3v) is 4.52. The minimum atomic E-state index is 0.0344. The van der Waals surface area contributed by atoms with Gasteiger partial charge in [0.05, 0.1) is 12.8 Å². The molecule has 0 aliphatic heterocycles. The van der Waals surface area contributed by atoms with Crippen LogP contribution in [0.3, 0.4) is 0 Å². The summed E-state index contributed by atoms with van der Waals surface area (Å²) in [5, 5.41) is 10.7. The summed E-state index contributed by atoms with van der Waals surface area (Å²) in [5.41, 5.74) is 2.03. The number of benzene rings is 3. The van der Waals surface area contributed by atoms with Gasteiger partial charge in [0.15, 0.2) is 17.2 Å². The molecule has 156 valence electrons. The van der Waals surface area contributed by atoms with Crippen molar-refractivity contribution >= 4 is 0 Å². The fourth-order valence-corrected chi connectivity index (χ4v) is 3.06. The van der Waals surface area contributed by atoms with Gasteiger partial charge in [-0.3, -0.25) is 0 Å². The van der Waals surface area contributed by atoms with Crippen LogP contribution in [-0.4, -0.2) is 21.7 Å². The Bertz CT molecular complexity index is 1150. The second-order valence-electron chi connectivity index (χ2n) is 6.67. The third kappa shape index (κ3) is 4.93. The molecule has 1 N–H and O–H groups in total. The van der Waals surface area contributed by atoms with Gasteiger partial charge in [0.1, 0.15) is 30.1 Å². The lowest BCUT2D eigenvalue weighted by atomic mass is 10.1. The van der Waals surface area contributed by atoms with Gasteiger partial charge in [0.2, 0.25) is 0 Å². The monoisotopic (exact) mass is 414 g/mol. The summed E-state index contributed by atoms with van der Waals surface area (Å²) in [7, 11) is 0. The van der Waals surface area contributed by atoms with Crippen LogP contribution in [-0.2, 0) is 6.61 Å². The predicted octanol–water partition coefficient (Wildman–Crippen LogP) is 5.62. The minimum absolute atomic E-state index is 0.0344. The van der Waals surface area contributed by atoms with Crippen LogP contribution in [0.2, 0.25) is 0 Å². The van der Waals surface area contributed by atoms with Crippen LogP contribution in [0.5, 0.6) is 28.7 Å². The van der Waals surface area contributed by atoms with Crippen molar-refractivity contribution in [1.82, 2.24) is 9.97 Å². The molecule has 0 amide bonds. The van der Waals surface area contributed by atoms with Crippen molar-refractivity contribution in [2.75, 3.05) is 6.61 Å². The van der Waals surface area contributed by atoms with Gasteiger partial charge < -0.3 is 19.3 Å². The first-order chi connectivity index (χ1) is 15.2. The van der Waals surface area contributed by atoms with E-state index in [1.165, 1.54) is 6.33 Å². The van der Waals surface area contributed by atoms with Crippen LogP contribution in [0, 0.1) is 0 Å². The summed E-state index contributed by atoms with van der Waals surface area (Å²) < 4.78 is 17.5. The number of phenolic OH excluding ortho intramolecular Hbond substituents is 1. The number of nitrogens with zero attached hydrogens (tertiary/aromatic N) is 2. The molecule has 0 atom stereocenters. The molecular formula is C25H22N2O4. The Kier molecular flexibility index (Phi) is 6.28. The summed E-state index contributed by atoms with van der Waals surface area (Å²) in [6.07, 6.45) is 2.97. The van der Waals surface area contributed by atoms with Crippen LogP contribution >= 0.6 is 0 Å². The zero-order chi connectivity index (χ0) is 21.5. The van der Waals surface area contributed by atoms with Crippen molar-refractivity contribution in [3.63, 3.8) is 0 Å². The number of aromatic nitrogens is 2. The van der Waals surface area contributed by atoms with E-state index in [4.69, 9.17) is 14.2 Å². The highest BCUT2D eigenvalue weighted by Gasteiger charge is 2.16. The molecule has 0 saturated carbocycles. The van der Waals surface area contributed by atoms with E-state index in [0.717, 1.165) is 5.56 Å². The summed E-state index contributed by atoms with van der Waals surface area (Å²) in [6.45, 7) is 2.84. The molecule has 0 radical (unpaired) electrons. The van der Waals surface area contributed by atoms with Crippen molar-refractivity contribution in [2.45, 2.75) is 13.5 Å². The van der Waals surface area contributed by atoms with E-state index in [1.807, 2.05) is 61.5 Å². The molecular weight excluding hydrogens is 392 g/mol. The van der Waals surface area contributed by atoms with E-state index in [-0.39, 0.29) is 5.75 Å². The zero-order valence-electron chi connectivity index (χ0n) is 17.1. The Morgan fingerprint density at radius 3 is 2.39 bits per heavy atom. The Morgan fingerprint density at radius 1 is 0.839 bits per heavy atom. The number of hydrogen-bond donors (Lipinski definition) is 1. The molecule has 0 saturated heterocycles. The fraction of sp³-hybridized carbons (Fsp3) is 0.120. The highest BCUT2D eigenvalue weighted by molar-refractivity contribution is 5.73. The van der Waals surface area contributed by atoms with Crippen LogP contribution in [0.15, 0.2) is 85.3 Å². The molecule has 1 aromatic heterocycles. The molecule has 4 aromatic rings. The number of hydrogen-bond acceptors (Lipinski definition) is 6. The maximum atomic E-state index is 10.7. The second kappa shape index (κ2) is 9.63. The van der Waals surface area contributed by atoms with Crippen molar-refractivity contribution in [3.8, 4) is 40.0 Å². The number of ether oxygens (including phenoxy) is 3. The second-order valence-corrected chi connectivity index (χ2v) is 6.67. The van der Waals surface area contributed by atoms with Gasteiger partial charge in [-0.15, -0.1) is 0 Å². The van der Waals surface area contributed by atoms with E-state index in [2.05, 4.69) is 9.97 Å². The Balaban J connectivity index is 1.58. The van der Waals surface area contributed by atoms with Gasteiger partial charge in [-0.1, -0.05) is 42.5 Å². The van der Waals surface area contributed by atoms with Crippen molar-refractivity contribution in [2.24, 2.45) is 0 Å². The Morgan fingerprint density at radius 2 is 1.61 bits per heavy atom. The minimum Gasteiger partial charge on any atom is -0.507 e. The van der Waals surface area contributed by atoms with Gasteiger partial charge in [0, 0.05) is 11.6 Å². The van der Waals surface area contributed by atoms with Crippen LogP contribution < -0.4 is 14.2 Å².